The lowest BCUT2D eigenvalue weighted by Gasteiger charge is -2.22. The standard InChI is InChI=1S/C21H24N8/c1-14-12-23-29-19(11-18(24-21(14)29)16-5-3-2-4-6-16)22-13-15-7-9-17(10-8-15)20-25-27-28-26-20/h7-12,16,22H,2-6,13H2,1H3,(H,25,26,27,28). The van der Waals surface area contributed by atoms with E-state index in [1.165, 1.54) is 43.4 Å². The molecule has 4 aromatic rings. The Morgan fingerprint density at radius 2 is 1.97 bits per heavy atom. The molecular formula is C21H24N8. The number of aromatic amines is 1. The molecule has 0 radical (unpaired) electrons. The molecule has 0 aliphatic heterocycles. The Balaban J connectivity index is 1.39. The molecule has 1 aromatic carbocycles. The van der Waals surface area contributed by atoms with Crippen LogP contribution in [0.25, 0.3) is 17.0 Å². The first-order valence-corrected chi connectivity index (χ1v) is 10.2. The largest absolute Gasteiger partial charge is 0.366 e. The molecule has 1 fully saturated rings. The van der Waals surface area contributed by atoms with Crippen molar-refractivity contribution in [3.05, 3.63) is 53.3 Å². The van der Waals surface area contributed by atoms with Gasteiger partial charge in [-0.1, -0.05) is 43.5 Å². The van der Waals surface area contributed by atoms with E-state index in [9.17, 15) is 0 Å². The number of nitrogens with zero attached hydrogens (tertiary/aromatic N) is 6. The third-order valence-electron chi connectivity index (χ3n) is 5.72. The van der Waals surface area contributed by atoms with Gasteiger partial charge in [0.05, 0.1) is 6.20 Å². The maximum atomic E-state index is 4.95. The number of aromatic nitrogens is 7. The van der Waals surface area contributed by atoms with E-state index in [-0.39, 0.29) is 0 Å². The quantitative estimate of drug-likeness (QED) is 0.539. The summed E-state index contributed by atoms with van der Waals surface area (Å²) < 4.78 is 1.91. The molecule has 1 aliphatic rings. The summed E-state index contributed by atoms with van der Waals surface area (Å²) in [5.74, 6) is 2.15. The van der Waals surface area contributed by atoms with E-state index >= 15 is 0 Å². The van der Waals surface area contributed by atoms with Crippen LogP contribution in [0, 0.1) is 6.92 Å². The topological polar surface area (TPSA) is 96.7 Å². The molecule has 0 unspecified atom stereocenters. The molecule has 0 spiro atoms. The second-order valence-electron chi connectivity index (χ2n) is 7.75. The summed E-state index contributed by atoms with van der Waals surface area (Å²) in [5.41, 5.74) is 5.36. The zero-order chi connectivity index (χ0) is 19.6. The van der Waals surface area contributed by atoms with Crippen molar-refractivity contribution in [3.63, 3.8) is 0 Å². The van der Waals surface area contributed by atoms with E-state index in [2.05, 4.69) is 56.2 Å². The number of hydrogen-bond donors (Lipinski definition) is 2. The maximum Gasteiger partial charge on any atom is 0.204 e. The number of rotatable bonds is 5. The van der Waals surface area contributed by atoms with Crippen molar-refractivity contribution in [2.45, 2.75) is 51.5 Å². The lowest BCUT2D eigenvalue weighted by molar-refractivity contribution is 0.437. The van der Waals surface area contributed by atoms with Crippen LogP contribution >= 0.6 is 0 Å². The van der Waals surface area contributed by atoms with Crippen LogP contribution in [0.3, 0.4) is 0 Å². The fraction of sp³-hybridized carbons (Fsp3) is 0.381. The summed E-state index contributed by atoms with van der Waals surface area (Å²) in [6, 6.07) is 10.4. The van der Waals surface area contributed by atoms with Crippen LogP contribution in [0.1, 0.15) is 54.8 Å². The van der Waals surface area contributed by atoms with Crippen LogP contribution in [-0.4, -0.2) is 35.2 Å². The molecule has 3 aromatic heterocycles. The molecule has 8 heteroatoms. The highest BCUT2D eigenvalue weighted by Gasteiger charge is 2.19. The molecule has 8 nitrogen and oxygen atoms in total. The Bertz CT molecular complexity index is 1090. The predicted octanol–water partition coefficient (Wildman–Crippen LogP) is 3.88. The van der Waals surface area contributed by atoms with Crippen molar-refractivity contribution in [1.29, 1.82) is 0 Å². The first-order valence-electron chi connectivity index (χ1n) is 10.2. The summed E-state index contributed by atoms with van der Waals surface area (Å²) >= 11 is 0. The Morgan fingerprint density at radius 1 is 1.14 bits per heavy atom. The Morgan fingerprint density at radius 3 is 2.72 bits per heavy atom. The minimum Gasteiger partial charge on any atom is -0.366 e. The Labute approximate surface area is 168 Å². The highest BCUT2D eigenvalue weighted by molar-refractivity contribution is 5.56. The van der Waals surface area contributed by atoms with Gasteiger partial charge in [-0.2, -0.15) is 14.8 Å². The monoisotopic (exact) mass is 388 g/mol. The molecule has 1 aliphatic carbocycles. The number of H-pyrrole nitrogens is 1. The van der Waals surface area contributed by atoms with Crippen LogP contribution in [0.5, 0.6) is 0 Å². The second kappa shape index (κ2) is 7.62. The minimum atomic E-state index is 0.554. The van der Waals surface area contributed by atoms with Gasteiger partial charge in [0.1, 0.15) is 5.82 Å². The van der Waals surface area contributed by atoms with E-state index in [4.69, 9.17) is 4.98 Å². The number of fused-ring (bicyclic) bond motifs is 1. The summed E-state index contributed by atoms with van der Waals surface area (Å²) in [6.07, 6.45) is 8.28. The van der Waals surface area contributed by atoms with Gasteiger partial charge in [-0.15, -0.1) is 10.2 Å². The van der Waals surface area contributed by atoms with E-state index in [0.717, 1.165) is 22.6 Å². The average molecular weight is 388 g/mol. The minimum absolute atomic E-state index is 0.554. The SMILES string of the molecule is Cc1cnn2c(NCc3ccc(-c4nn[nH]n4)cc3)cc(C3CCCCC3)nc12. The molecule has 5 rings (SSSR count). The third kappa shape index (κ3) is 3.57. The van der Waals surface area contributed by atoms with Crippen molar-refractivity contribution < 1.29 is 0 Å². The van der Waals surface area contributed by atoms with Crippen molar-refractivity contribution >= 4 is 11.5 Å². The van der Waals surface area contributed by atoms with Crippen LogP contribution in [0.2, 0.25) is 0 Å². The summed E-state index contributed by atoms with van der Waals surface area (Å²) in [6.45, 7) is 2.77. The van der Waals surface area contributed by atoms with Gasteiger partial charge in [0, 0.05) is 35.3 Å². The smallest absolute Gasteiger partial charge is 0.204 e. The zero-order valence-electron chi connectivity index (χ0n) is 16.5. The van der Waals surface area contributed by atoms with Gasteiger partial charge >= 0.3 is 0 Å². The molecule has 2 N–H and O–H groups in total. The van der Waals surface area contributed by atoms with Crippen molar-refractivity contribution in [2.75, 3.05) is 5.32 Å². The van der Waals surface area contributed by atoms with Gasteiger partial charge < -0.3 is 5.32 Å². The molecule has 0 bridgehead atoms. The van der Waals surface area contributed by atoms with Gasteiger partial charge in [0.15, 0.2) is 5.65 Å². The first kappa shape index (κ1) is 17.8. The second-order valence-corrected chi connectivity index (χ2v) is 7.75. The molecular weight excluding hydrogens is 364 g/mol. The van der Waals surface area contributed by atoms with Gasteiger partial charge in [-0.05, 0) is 30.5 Å². The van der Waals surface area contributed by atoms with E-state index in [0.29, 0.717) is 18.3 Å². The number of benzene rings is 1. The number of nitrogens with one attached hydrogen (secondary N) is 2. The van der Waals surface area contributed by atoms with E-state index in [1.54, 1.807) is 0 Å². The lowest BCUT2D eigenvalue weighted by atomic mass is 9.87. The Kier molecular flexibility index (Phi) is 4.67. The molecule has 3 heterocycles. The number of tetrazole rings is 1. The summed E-state index contributed by atoms with van der Waals surface area (Å²) in [5, 5.41) is 22.2. The van der Waals surface area contributed by atoms with Gasteiger partial charge in [0.25, 0.3) is 0 Å². The third-order valence-corrected chi connectivity index (χ3v) is 5.72. The number of anilines is 1. The lowest BCUT2D eigenvalue weighted by Crippen LogP contribution is -2.11. The fourth-order valence-electron chi connectivity index (χ4n) is 4.07. The van der Waals surface area contributed by atoms with Gasteiger partial charge in [-0.3, -0.25) is 0 Å². The normalized spacial score (nSPS) is 15.1. The fourth-order valence-corrected chi connectivity index (χ4v) is 4.07. The zero-order valence-corrected chi connectivity index (χ0v) is 16.5. The van der Waals surface area contributed by atoms with Crippen LogP contribution in [0.4, 0.5) is 5.82 Å². The predicted molar refractivity (Wildman–Crippen MR) is 110 cm³/mol. The van der Waals surface area contributed by atoms with Crippen molar-refractivity contribution in [3.8, 4) is 11.4 Å². The molecule has 148 valence electrons. The van der Waals surface area contributed by atoms with Gasteiger partial charge in [0.2, 0.25) is 5.82 Å². The van der Waals surface area contributed by atoms with Crippen LogP contribution in [-0.2, 0) is 6.54 Å². The van der Waals surface area contributed by atoms with Crippen LogP contribution < -0.4 is 5.32 Å². The highest BCUT2D eigenvalue weighted by Crippen LogP contribution is 2.33. The summed E-state index contributed by atoms with van der Waals surface area (Å²) in [7, 11) is 0. The number of hydrogen-bond acceptors (Lipinski definition) is 6. The molecule has 29 heavy (non-hydrogen) atoms. The van der Waals surface area contributed by atoms with Crippen molar-refractivity contribution in [2.24, 2.45) is 0 Å². The maximum absolute atomic E-state index is 4.95. The van der Waals surface area contributed by atoms with Gasteiger partial charge in [-0.25, -0.2) is 4.98 Å². The first-order chi connectivity index (χ1) is 14.3. The number of aryl methyl sites for hydroxylation is 1. The summed E-state index contributed by atoms with van der Waals surface area (Å²) in [4.78, 5) is 4.95. The molecule has 0 atom stereocenters. The Hall–Kier alpha value is -3.29. The van der Waals surface area contributed by atoms with Crippen molar-refractivity contribution in [1.82, 2.24) is 35.2 Å². The molecule has 0 amide bonds. The van der Waals surface area contributed by atoms with E-state index < -0.39 is 0 Å². The molecule has 1 saturated carbocycles. The average Bonchev–Trinajstić information content (AvgIpc) is 3.44. The van der Waals surface area contributed by atoms with E-state index in [1.807, 2.05) is 22.8 Å². The highest BCUT2D eigenvalue weighted by atomic mass is 15.5. The molecule has 0 saturated heterocycles. The van der Waals surface area contributed by atoms with Crippen LogP contribution in [0.15, 0.2) is 36.5 Å².